The van der Waals surface area contributed by atoms with Gasteiger partial charge in [-0.05, 0) is 42.5 Å². The second-order valence-electron chi connectivity index (χ2n) is 9.37. The van der Waals surface area contributed by atoms with E-state index < -0.39 is 0 Å². The summed E-state index contributed by atoms with van der Waals surface area (Å²) in [5.74, 6) is 0.923. The molecule has 1 aliphatic rings. The van der Waals surface area contributed by atoms with Crippen molar-refractivity contribution in [1.82, 2.24) is 24.6 Å². The molecule has 8 heteroatoms. The molecular weight excluding hydrogens is 416 g/mol. The molecule has 1 saturated heterocycles. The number of hydrogen-bond acceptors (Lipinski definition) is 6. The number of amides is 1. The van der Waals surface area contributed by atoms with E-state index in [2.05, 4.69) is 34.2 Å². The van der Waals surface area contributed by atoms with Crippen molar-refractivity contribution in [3.63, 3.8) is 0 Å². The van der Waals surface area contributed by atoms with Crippen LogP contribution in [-0.2, 0) is 19.9 Å². The lowest BCUT2D eigenvalue weighted by atomic mass is 9.94. The van der Waals surface area contributed by atoms with Crippen LogP contribution in [0, 0.1) is 0 Å². The molecule has 3 aromatic rings. The Morgan fingerprint density at radius 1 is 1.24 bits per heavy atom. The van der Waals surface area contributed by atoms with Crippen LogP contribution in [-0.4, -0.2) is 55.0 Å². The SMILES string of the molecule is C[C@H](Cc1nncn1C)c1cccc(CC(=O)c2cc(C(=O)N3CC[C@](C)(N)C3)ccn2)c1. The van der Waals surface area contributed by atoms with Gasteiger partial charge in [0.15, 0.2) is 5.78 Å². The average Bonchev–Trinajstić information content (AvgIpc) is 3.37. The van der Waals surface area contributed by atoms with Crippen molar-refractivity contribution in [2.24, 2.45) is 12.8 Å². The molecule has 8 nitrogen and oxygen atoms in total. The van der Waals surface area contributed by atoms with Gasteiger partial charge in [-0.2, -0.15) is 0 Å². The van der Waals surface area contributed by atoms with Gasteiger partial charge in [0.25, 0.3) is 5.91 Å². The lowest BCUT2D eigenvalue weighted by Gasteiger charge is -2.20. The molecule has 0 bridgehead atoms. The number of benzene rings is 1. The van der Waals surface area contributed by atoms with Gasteiger partial charge >= 0.3 is 0 Å². The molecule has 1 aromatic carbocycles. The van der Waals surface area contributed by atoms with Gasteiger partial charge in [0.05, 0.1) is 0 Å². The molecule has 1 aliphatic heterocycles. The van der Waals surface area contributed by atoms with Gasteiger partial charge in [0, 0.05) is 50.3 Å². The lowest BCUT2D eigenvalue weighted by molar-refractivity contribution is 0.0785. The topological polar surface area (TPSA) is 107 Å². The number of aryl methyl sites for hydroxylation is 1. The molecule has 3 heterocycles. The van der Waals surface area contributed by atoms with Crippen molar-refractivity contribution in [3.05, 3.63) is 77.1 Å². The van der Waals surface area contributed by atoms with E-state index in [0.29, 0.717) is 24.3 Å². The molecule has 0 radical (unpaired) electrons. The summed E-state index contributed by atoms with van der Waals surface area (Å²) in [6.07, 6.45) is 4.97. The maximum Gasteiger partial charge on any atom is 0.254 e. The molecule has 0 aliphatic carbocycles. The third kappa shape index (κ3) is 5.34. The van der Waals surface area contributed by atoms with E-state index in [-0.39, 0.29) is 29.6 Å². The molecule has 0 unspecified atom stereocenters. The fourth-order valence-corrected chi connectivity index (χ4v) is 4.23. The van der Waals surface area contributed by atoms with Gasteiger partial charge in [-0.1, -0.05) is 31.2 Å². The van der Waals surface area contributed by atoms with E-state index in [1.165, 1.54) is 6.20 Å². The first-order valence-electron chi connectivity index (χ1n) is 11.2. The van der Waals surface area contributed by atoms with Crippen molar-refractivity contribution in [3.8, 4) is 0 Å². The first kappa shape index (κ1) is 22.8. The van der Waals surface area contributed by atoms with Gasteiger partial charge in [0.1, 0.15) is 17.8 Å². The van der Waals surface area contributed by atoms with Crippen LogP contribution < -0.4 is 5.73 Å². The molecule has 2 N–H and O–H groups in total. The zero-order valence-corrected chi connectivity index (χ0v) is 19.4. The molecule has 172 valence electrons. The van der Waals surface area contributed by atoms with Crippen molar-refractivity contribution in [2.45, 2.75) is 44.6 Å². The minimum absolute atomic E-state index is 0.111. The largest absolute Gasteiger partial charge is 0.337 e. The Balaban J connectivity index is 1.44. The zero-order valence-electron chi connectivity index (χ0n) is 19.4. The average molecular weight is 447 g/mol. The maximum absolute atomic E-state index is 13.0. The highest BCUT2D eigenvalue weighted by Gasteiger charge is 2.33. The van der Waals surface area contributed by atoms with Crippen LogP contribution in [0.1, 0.15) is 64.0 Å². The summed E-state index contributed by atoms with van der Waals surface area (Å²) in [4.78, 5) is 31.8. The van der Waals surface area contributed by atoms with Gasteiger partial charge in [-0.3, -0.25) is 14.6 Å². The van der Waals surface area contributed by atoms with Crippen LogP contribution in [0.3, 0.4) is 0 Å². The zero-order chi connectivity index (χ0) is 23.6. The Hall–Kier alpha value is -3.39. The molecule has 2 atom stereocenters. The van der Waals surface area contributed by atoms with E-state index in [1.807, 2.05) is 30.7 Å². The monoisotopic (exact) mass is 446 g/mol. The molecular formula is C25H30N6O2. The van der Waals surface area contributed by atoms with E-state index in [9.17, 15) is 9.59 Å². The van der Waals surface area contributed by atoms with Crippen molar-refractivity contribution >= 4 is 11.7 Å². The van der Waals surface area contributed by atoms with E-state index in [4.69, 9.17) is 5.73 Å². The summed E-state index contributed by atoms with van der Waals surface area (Å²) < 4.78 is 1.92. The van der Waals surface area contributed by atoms with Crippen LogP contribution in [0.25, 0.3) is 0 Å². The summed E-state index contributed by atoms with van der Waals surface area (Å²) in [5.41, 5.74) is 8.62. The Morgan fingerprint density at radius 3 is 2.76 bits per heavy atom. The number of aromatic nitrogens is 4. The van der Waals surface area contributed by atoms with E-state index in [0.717, 1.165) is 29.8 Å². The number of hydrogen-bond donors (Lipinski definition) is 1. The van der Waals surface area contributed by atoms with Gasteiger partial charge < -0.3 is 15.2 Å². The minimum Gasteiger partial charge on any atom is -0.337 e. The number of ketones is 1. The summed E-state index contributed by atoms with van der Waals surface area (Å²) >= 11 is 0. The predicted octanol–water partition coefficient (Wildman–Crippen LogP) is 2.54. The first-order chi connectivity index (χ1) is 15.7. The number of Topliss-reactive ketones (excluding diaryl/α,β-unsaturated/α-hetero) is 1. The quantitative estimate of drug-likeness (QED) is 0.559. The molecule has 0 spiro atoms. The number of pyridine rings is 1. The van der Waals surface area contributed by atoms with Crippen molar-refractivity contribution in [1.29, 1.82) is 0 Å². The van der Waals surface area contributed by atoms with Gasteiger partial charge in [-0.25, -0.2) is 0 Å². The summed E-state index contributed by atoms with van der Waals surface area (Å²) in [6.45, 7) is 5.22. The van der Waals surface area contributed by atoms with Crippen LogP contribution in [0.15, 0.2) is 48.9 Å². The fraction of sp³-hybridized carbons (Fsp3) is 0.400. The number of nitrogens with two attached hydrogens (primary N) is 1. The molecule has 0 saturated carbocycles. The third-order valence-corrected chi connectivity index (χ3v) is 6.26. The smallest absolute Gasteiger partial charge is 0.254 e. The second kappa shape index (κ2) is 9.23. The Morgan fingerprint density at radius 2 is 2.06 bits per heavy atom. The number of likely N-dealkylation sites (tertiary alicyclic amines) is 1. The van der Waals surface area contributed by atoms with Crippen LogP contribution in [0.5, 0.6) is 0 Å². The van der Waals surface area contributed by atoms with Crippen molar-refractivity contribution < 1.29 is 9.59 Å². The van der Waals surface area contributed by atoms with Crippen LogP contribution in [0.4, 0.5) is 0 Å². The molecule has 33 heavy (non-hydrogen) atoms. The Labute approximate surface area is 193 Å². The van der Waals surface area contributed by atoms with Gasteiger partial charge in [-0.15, -0.1) is 10.2 Å². The molecule has 1 amide bonds. The summed E-state index contributed by atoms with van der Waals surface area (Å²) in [6, 6.07) is 11.3. The van der Waals surface area contributed by atoms with Crippen LogP contribution in [0.2, 0.25) is 0 Å². The Bertz CT molecular complexity index is 1170. The van der Waals surface area contributed by atoms with Crippen molar-refractivity contribution in [2.75, 3.05) is 13.1 Å². The standard InChI is InChI=1S/C25H30N6O2/c1-17(11-23-29-28-16-30(23)3)19-6-4-5-18(12-19)13-22(32)21-14-20(7-9-27-21)24(33)31-10-8-25(2,26)15-31/h4-7,9,12,14,16-17H,8,10-11,13,15,26H2,1-3H3/t17-,25+/m1/s1. The van der Waals surface area contributed by atoms with Gasteiger partial charge in [0.2, 0.25) is 0 Å². The number of nitrogens with zero attached hydrogens (tertiary/aromatic N) is 5. The highest BCUT2D eigenvalue weighted by atomic mass is 16.2. The minimum atomic E-state index is -0.365. The maximum atomic E-state index is 13.0. The highest BCUT2D eigenvalue weighted by Crippen LogP contribution is 2.22. The van der Waals surface area contributed by atoms with Crippen LogP contribution >= 0.6 is 0 Å². The molecule has 2 aromatic heterocycles. The summed E-state index contributed by atoms with van der Waals surface area (Å²) in [7, 11) is 1.93. The van der Waals surface area contributed by atoms with E-state index in [1.54, 1.807) is 23.4 Å². The first-order valence-corrected chi connectivity index (χ1v) is 11.2. The fourth-order valence-electron chi connectivity index (χ4n) is 4.23. The number of rotatable bonds is 7. The Kier molecular flexibility index (Phi) is 6.37. The number of carbonyl (C=O) groups excluding carboxylic acids is 2. The van der Waals surface area contributed by atoms with E-state index >= 15 is 0 Å². The third-order valence-electron chi connectivity index (χ3n) is 6.26. The normalized spacial score (nSPS) is 19.0. The molecule has 1 fully saturated rings. The summed E-state index contributed by atoms with van der Waals surface area (Å²) in [5, 5.41) is 8.10. The lowest BCUT2D eigenvalue weighted by Crippen LogP contribution is -2.40. The second-order valence-corrected chi connectivity index (χ2v) is 9.37. The highest BCUT2D eigenvalue weighted by molar-refractivity contribution is 6.00. The predicted molar refractivity (Wildman–Crippen MR) is 125 cm³/mol. The number of carbonyl (C=O) groups is 2. The molecule has 4 rings (SSSR count).